The fraction of sp³-hybridized carbons (Fsp3) is 1.00. The van der Waals surface area contributed by atoms with Crippen molar-refractivity contribution in [3.63, 3.8) is 0 Å². The molecule has 1 N–H and O–H groups in total. The van der Waals surface area contributed by atoms with E-state index in [-0.39, 0.29) is 0 Å². The van der Waals surface area contributed by atoms with E-state index in [1.54, 1.807) is 0 Å². The normalized spacial score (nSPS) is 39.2. The molecule has 0 radical (unpaired) electrons. The van der Waals surface area contributed by atoms with Crippen LogP contribution in [0.4, 0.5) is 0 Å². The third-order valence-corrected chi connectivity index (χ3v) is 4.31. The van der Waals surface area contributed by atoms with Gasteiger partial charge in [0.05, 0.1) is 0 Å². The van der Waals surface area contributed by atoms with E-state index >= 15 is 0 Å². The van der Waals surface area contributed by atoms with Crippen LogP contribution in [0, 0.1) is 11.8 Å². The zero-order valence-corrected chi connectivity index (χ0v) is 10.3. The predicted octanol–water partition coefficient (Wildman–Crippen LogP) is 2.11. The Morgan fingerprint density at radius 3 is 2.67 bits per heavy atom. The van der Waals surface area contributed by atoms with Crippen LogP contribution in [0.15, 0.2) is 0 Å². The Bertz CT molecular complexity index is 187. The van der Waals surface area contributed by atoms with Gasteiger partial charge in [0.1, 0.15) is 0 Å². The van der Waals surface area contributed by atoms with E-state index in [9.17, 15) is 0 Å². The van der Waals surface area contributed by atoms with Crippen molar-refractivity contribution in [1.29, 1.82) is 0 Å². The Balaban J connectivity index is 1.74. The molecule has 2 heterocycles. The third kappa shape index (κ3) is 3.18. The molecule has 0 saturated carbocycles. The van der Waals surface area contributed by atoms with Crippen molar-refractivity contribution in [1.82, 2.24) is 10.2 Å². The topological polar surface area (TPSA) is 15.3 Å². The van der Waals surface area contributed by atoms with Gasteiger partial charge in [-0.05, 0) is 44.2 Å². The zero-order chi connectivity index (χ0) is 10.7. The smallest absolute Gasteiger partial charge is 0.0195 e. The van der Waals surface area contributed by atoms with Crippen LogP contribution in [0.5, 0.6) is 0 Å². The summed E-state index contributed by atoms with van der Waals surface area (Å²) >= 11 is 0. The molecule has 0 aromatic rings. The molecule has 0 bridgehead atoms. The van der Waals surface area contributed by atoms with Crippen LogP contribution >= 0.6 is 0 Å². The maximum Gasteiger partial charge on any atom is 0.0195 e. The first-order valence-electron chi connectivity index (χ1n) is 6.71. The van der Waals surface area contributed by atoms with Crippen molar-refractivity contribution >= 4 is 0 Å². The molecule has 2 heteroatoms. The average molecular weight is 210 g/mol. The minimum atomic E-state index is 0.777. The molecule has 0 spiro atoms. The molecule has 2 aliphatic rings. The van der Waals surface area contributed by atoms with E-state index in [0.717, 1.165) is 17.9 Å². The Labute approximate surface area is 94.4 Å². The van der Waals surface area contributed by atoms with Crippen LogP contribution in [0.25, 0.3) is 0 Å². The van der Waals surface area contributed by atoms with Crippen LogP contribution in [0.2, 0.25) is 0 Å². The van der Waals surface area contributed by atoms with Gasteiger partial charge in [0, 0.05) is 19.1 Å². The molecule has 2 nitrogen and oxygen atoms in total. The molecular weight excluding hydrogens is 184 g/mol. The van der Waals surface area contributed by atoms with Gasteiger partial charge in [0.15, 0.2) is 0 Å². The predicted molar refractivity (Wildman–Crippen MR) is 65.0 cm³/mol. The maximum atomic E-state index is 3.65. The fourth-order valence-corrected chi connectivity index (χ4v) is 2.91. The molecule has 0 amide bonds. The highest BCUT2D eigenvalue weighted by atomic mass is 15.2. The van der Waals surface area contributed by atoms with Gasteiger partial charge < -0.3 is 10.2 Å². The van der Waals surface area contributed by atoms with E-state index in [1.165, 1.54) is 51.9 Å². The van der Waals surface area contributed by atoms with E-state index in [2.05, 4.69) is 24.1 Å². The SMILES string of the molecule is CC1CCN(CC2CCCCN2)CC1C. The first kappa shape index (κ1) is 11.4. The average Bonchev–Trinajstić information content (AvgIpc) is 2.25. The number of rotatable bonds is 2. The summed E-state index contributed by atoms with van der Waals surface area (Å²) in [5.74, 6) is 1.82. The molecule has 2 aliphatic heterocycles. The second-order valence-corrected chi connectivity index (χ2v) is 5.65. The van der Waals surface area contributed by atoms with Crippen LogP contribution in [0.3, 0.4) is 0 Å². The monoisotopic (exact) mass is 210 g/mol. The first-order chi connectivity index (χ1) is 7.25. The minimum absolute atomic E-state index is 0.777. The highest BCUT2D eigenvalue weighted by molar-refractivity contribution is 4.81. The molecule has 15 heavy (non-hydrogen) atoms. The summed E-state index contributed by atoms with van der Waals surface area (Å²) in [6.45, 7) is 9.98. The van der Waals surface area contributed by atoms with Crippen molar-refractivity contribution in [3.8, 4) is 0 Å². The molecule has 2 saturated heterocycles. The van der Waals surface area contributed by atoms with Crippen molar-refractivity contribution in [2.45, 2.75) is 45.6 Å². The van der Waals surface area contributed by atoms with E-state index < -0.39 is 0 Å². The van der Waals surface area contributed by atoms with Gasteiger partial charge in [0.2, 0.25) is 0 Å². The van der Waals surface area contributed by atoms with E-state index in [0.29, 0.717) is 0 Å². The molecule has 88 valence electrons. The van der Waals surface area contributed by atoms with Gasteiger partial charge in [-0.1, -0.05) is 20.3 Å². The lowest BCUT2D eigenvalue weighted by molar-refractivity contribution is 0.122. The van der Waals surface area contributed by atoms with Gasteiger partial charge in [-0.2, -0.15) is 0 Å². The minimum Gasteiger partial charge on any atom is -0.313 e. The van der Waals surface area contributed by atoms with Gasteiger partial charge in [0.25, 0.3) is 0 Å². The number of likely N-dealkylation sites (tertiary alicyclic amines) is 1. The molecule has 2 fully saturated rings. The molecule has 2 rings (SSSR count). The summed E-state index contributed by atoms with van der Waals surface area (Å²) in [4.78, 5) is 2.67. The maximum absolute atomic E-state index is 3.65. The van der Waals surface area contributed by atoms with Crippen molar-refractivity contribution in [2.75, 3.05) is 26.2 Å². The Kier molecular flexibility index (Phi) is 4.04. The van der Waals surface area contributed by atoms with Crippen molar-refractivity contribution in [2.24, 2.45) is 11.8 Å². The lowest BCUT2D eigenvalue weighted by Crippen LogP contribution is -2.47. The highest BCUT2D eigenvalue weighted by Crippen LogP contribution is 2.23. The van der Waals surface area contributed by atoms with Gasteiger partial charge in [-0.3, -0.25) is 0 Å². The lowest BCUT2D eigenvalue weighted by atomic mass is 9.88. The number of nitrogens with zero attached hydrogens (tertiary/aromatic N) is 1. The van der Waals surface area contributed by atoms with Gasteiger partial charge in [-0.15, -0.1) is 0 Å². The number of hydrogen-bond acceptors (Lipinski definition) is 2. The molecule has 0 aromatic carbocycles. The van der Waals surface area contributed by atoms with E-state index in [4.69, 9.17) is 0 Å². The zero-order valence-electron chi connectivity index (χ0n) is 10.3. The largest absolute Gasteiger partial charge is 0.313 e. The standard InChI is InChI=1S/C13H26N2/c1-11-6-8-15(9-12(11)2)10-13-5-3-4-7-14-13/h11-14H,3-10H2,1-2H3. The Hall–Kier alpha value is -0.0800. The first-order valence-corrected chi connectivity index (χ1v) is 6.71. The number of piperidine rings is 2. The van der Waals surface area contributed by atoms with Crippen molar-refractivity contribution in [3.05, 3.63) is 0 Å². The second-order valence-electron chi connectivity index (χ2n) is 5.65. The summed E-state index contributed by atoms with van der Waals surface area (Å²) in [6, 6.07) is 0.777. The van der Waals surface area contributed by atoms with Crippen LogP contribution in [0.1, 0.15) is 39.5 Å². The third-order valence-electron chi connectivity index (χ3n) is 4.31. The fourth-order valence-electron chi connectivity index (χ4n) is 2.91. The quantitative estimate of drug-likeness (QED) is 0.751. The molecule has 0 aliphatic carbocycles. The summed E-state index contributed by atoms with van der Waals surface area (Å²) in [5, 5.41) is 3.65. The molecule has 0 aromatic heterocycles. The number of nitrogens with one attached hydrogen (secondary N) is 1. The molecule has 3 atom stereocenters. The van der Waals surface area contributed by atoms with Crippen molar-refractivity contribution < 1.29 is 0 Å². The number of hydrogen-bond donors (Lipinski definition) is 1. The molecule has 3 unspecified atom stereocenters. The van der Waals surface area contributed by atoms with Gasteiger partial charge in [-0.25, -0.2) is 0 Å². The molecular formula is C13H26N2. The van der Waals surface area contributed by atoms with Gasteiger partial charge >= 0.3 is 0 Å². The highest BCUT2D eigenvalue weighted by Gasteiger charge is 2.24. The Morgan fingerprint density at radius 1 is 1.13 bits per heavy atom. The summed E-state index contributed by atoms with van der Waals surface area (Å²) in [7, 11) is 0. The second kappa shape index (κ2) is 5.31. The van der Waals surface area contributed by atoms with E-state index in [1.807, 2.05) is 0 Å². The summed E-state index contributed by atoms with van der Waals surface area (Å²) < 4.78 is 0. The summed E-state index contributed by atoms with van der Waals surface area (Å²) in [6.07, 6.45) is 5.59. The van der Waals surface area contributed by atoms with Crippen LogP contribution in [-0.2, 0) is 0 Å². The lowest BCUT2D eigenvalue weighted by Gasteiger charge is -2.38. The Morgan fingerprint density at radius 2 is 2.00 bits per heavy atom. The van der Waals surface area contributed by atoms with Crippen LogP contribution < -0.4 is 5.32 Å². The van der Waals surface area contributed by atoms with Crippen LogP contribution in [-0.4, -0.2) is 37.1 Å². The summed E-state index contributed by atoms with van der Waals surface area (Å²) in [5.41, 5.74) is 0.